The summed E-state index contributed by atoms with van der Waals surface area (Å²) < 4.78 is 0. The van der Waals surface area contributed by atoms with Crippen LogP contribution >= 0.6 is 0 Å². The molecule has 0 saturated carbocycles. The second-order valence-electron chi connectivity index (χ2n) is 9.32. The molecule has 6 heteroatoms. The summed E-state index contributed by atoms with van der Waals surface area (Å²) in [5, 5.41) is 14.7. The fourth-order valence-electron chi connectivity index (χ4n) is 5.76. The van der Waals surface area contributed by atoms with Gasteiger partial charge < -0.3 is 10.2 Å². The molecule has 0 fully saturated rings. The van der Waals surface area contributed by atoms with E-state index in [0.29, 0.717) is 11.5 Å². The molecule has 0 bridgehead atoms. The lowest BCUT2D eigenvalue weighted by Gasteiger charge is -2.38. The normalized spacial score (nSPS) is 22.4. The van der Waals surface area contributed by atoms with Crippen LogP contribution in [0.3, 0.4) is 0 Å². The second kappa shape index (κ2) is 8.13. The number of para-hydroxylation sites is 1. The Balaban J connectivity index is 1.32. The first-order valence-electron chi connectivity index (χ1n) is 11.8. The fraction of sp³-hybridized carbons (Fsp3) is 0.250. The first kappa shape index (κ1) is 20.7. The van der Waals surface area contributed by atoms with Crippen molar-refractivity contribution < 1.29 is 9.72 Å². The lowest BCUT2D eigenvalue weighted by Crippen LogP contribution is -2.36. The van der Waals surface area contributed by atoms with Gasteiger partial charge in [-0.25, -0.2) is 0 Å². The standard InChI is InChI=1S/C28H25N3O3/c32-28(30-16-4-6-18-5-1-2-9-26(18)30)20-12-15-25-24(17-20)22-7-3-8-23(22)27(29-25)19-10-13-21(14-11-19)31(33)34/h1-3,5,7,9-15,17,22-23,27,29H,4,6,8,16H2/t22-,23-,27+/m1/s1. The van der Waals surface area contributed by atoms with Gasteiger partial charge in [-0.2, -0.15) is 0 Å². The van der Waals surface area contributed by atoms with Crippen LogP contribution < -0.4 is 10.2 Å². The zero-order valence-electron chi connectivity index (χ0n) is 18.7. The quantitative estimate of drug-likeness (QED) is 0.300. The van der Waals surface area contributed by atoms with E-state index >= 15 is 0 Å². The smallest absolute Gasteiger partial charge is 0.269 e. The van der Waals surface area contributed by atoms with E-state index in [2.05, 4.69) is 29.6 Å². The average Bonchev–Trinajstić information content (AvgIpc) is 3.38. The number of rotatable bonds is 3. The van der Waals surface area contributed by atoms with Crippen LogP contribution in [0, 0.1) is 16.0 Å². The van der Waals surface area contributed by atoms with Crippen molar-refractivity contribution in [2.24, 2.45) is 5.92 Å². The molecule has 0 unspecified atom stereocenters. The van der Waals surface area contributed by atoms with Crippen molar-refractivity contribution in [3.05, 3.63) is 111 Å². The van der Waals surface area contributed by atoms with E-state index in [1.165, 1.54) is 5.56 Å². The molecular formula is C28H25N3O3. The Bertz CT molecular complexity index is 1310. The number of allylic oxidation sites excluding steroid dienone is 2. The number of fused-ring (bicyclic) bond motifs is 4. The van der Waals surface area contributed by atoms with Crippen molar-refractivity contribution >= 4 is 23.0 Å². The number of benzene rings is 3. The number of hydrogen-bond acceptors (Lipinski definition) is 4. The molecule has 2 heterocycles. The summed E-state index contributed by atoms with van der Waals surface area (Å²) in [5.41, 5.74) is 6.27. The number of anilines is 2. The molecule has 3 atom stereocenters. The molecular weight excluding hydrogens is 426 g/mol. The maximum absolute atomic E-state index is 13.5. The monoisotopic (exact) mass is 451 g/mol. The minimum Gasteiger partial charge on any atom is -0.378 e. The van der Waals surface area contributed by atoms with Crippen LogP contribution in [0.25, 0.3) is 0 Å². The molecule has 0 aromatic heterocycles. The number of non-ortho nitro benzene ring substituents is 1. The lowest BCUT2D eigenvalue weighted by molar-refractivity contribution is -0.384. The average molecular weight is 452 g/mol. The molecule has 6 nitrogen and oxygen atoms in total. The number of nitro groups is 1. The molecule has 1 N–H and O–H groups in total. The van der Waals surface area contributed by atoms with Crippen molar-refractivity contribution in [2.45, 2.75) is 31.2 Å². The van der Waals surface area contributed by atoms with Crippen molar-refractivity contribution in [1.29, 1.82) is 0 Å². The fourth-order valence-corrected chi connectivity index (χ4v) is 5.76. The molecule has 0 saturated heterocycles. The zero-order valence-corrected chi connectivity index (χ0v) is 18.7. The predicted molar refractivity (Wildman–Crippen MR) is 132 cm³/mol. The summed E-state index contributed by atoms with van der Waals surface area (Å²) in [7, 11) is 0. The van der Waals surface area contributed by atoms with Crippen molar-refractivity contribution in [2.75, 3.05) is 16.8 Å². The third-order valence-corrected chi connectivity index (χ3v) is 7.43. The van der Waals surface area contributed by atoms with Crippen LogP contribution in [0.5, 0.6) is 0 Å². The molecule has 0 spiro atoms. The minimum atomic E-state index is -0.368. The third kappa shape index (κ3) is 3.37. The Hall–Kier alpha value is -3.93. The van der Waals surface area contributed by atoms with Gasteiger partial charge in [-0.15, -0.1) is 0 Å². The third-order valence-electron chi connectivity index (χ3n) is 7.43. The van der Waals surface area contributed by atoms with E-state index in [0.717, 1.165) is 48.3 Å². The van der Waals surface area contributed by atoms with Gasteiger partial charge in [-0.3, -0.25) is 14.9 Å². The highest BCUT2D eigenvalue weighted by Gasteiger charge is 2.38. The number of hydrogen-bond donors (Lipinski definition) is 1. The molecule has 170 valence electrons. The number of nitrogens with zero attached hydrogens (tertiary/aromatic N) is 2. The van der Waals surface area contributed by atoms with Gasteiger partial charge in [-0.05, 0) is 66.1 Å². The van der Waals surface area contributed by atoms with Crippen LogP contribution in [0.4, 0.5) is 17.1 Å². The van der Waals surface area contributed by atoms with Gasteiger partial charge in [0.25, 0.3) is 11.6 Å². The number of carbonyl (C=O) groups is 1. The van der Waals surface area contributed by atoms with E-state index < -0.39 is 0 Å². The van der Waals surface area contributed by atoms with Gasteiger partial charge in [0.2, 0.25) is 0 Å². The number of aryl methyl sites for hydroxylation is 1. The Morgan fingerprint density at radius 1 is 1.06 bits per heavy atom. The van der Waals surface area contributed by atoms with Gasteiger partial charge >= 0.3 is 0 Å². The Kier molecular flexibility index (Phi) is 4.94. The van der Waals surface area contributed by atoms with Gasteiger partial charge in [0.05, 0.1) is 11.0 Å². The first-order valence-corrected chi connectivity index (χ1v) is 11.8. The highest BCUT2D eigenvalue weighted by atomic mass is 16.6. The molecule has 1 aliphatic carbocycles. The highest BCUT2D eigenvalue weighted by Crippen LogP contribution is 2.50. The summed E-state index contributed by atoms with van der Waals surface area (Å²) in [4.78, 5) is 26.1. The van der Waals surface area contributed by atoms with Crippen LogP contribution in [-0.2, 0) is 6.42 Å². The summed E-state index contributed by atoms with van der Waals surface area (Å²) in [6.07, 6.45) is 7.36. The molecule has 2 aliphatic heterocycles. The van der Waals surface area contributed by atoms with Gasteiger partial charge in [0, 0.05) is 41.5 Å². The molecule has 1 amide bonds. The molecule has 3 aromatic carbocycles. The number of carbonyl (C=O) groups excluding carboxylic acids is 1. The number of nitro benzene ring substituents is 1. The van der Waals surface area contributed by atoms with Crippen molar-refractivity contribution in [3.63, 3.8) is 0 Å². The van der Waals surface area contributed by atoms with E-state index in [9.17, 15) is 14.9 Å². The molecule has 0 radical (unpaired) electrons. The van der Waals surface area contributed by atoms with Crippen LogP contribution in [0.1, 0.15) is 51.8 Å². The van der Waals surface area contributed by atoms with E-state index in [4.69, 9.17) is 0 Å². The van der Waals surface area contributed by atoms with Crippen LogP contribution in [0.2, 0.25) is 0 Å². The van der Waals surface area contributed by atoms with Gasteiger partial charge in [-0.1, -0.05) is 42.5 Å². The van der Waals surface area contributed by atoms with Crippen molar-refractivity contribution in [1.82, 2.24) is 0 Å². The topological polar surface area (TPSA) is 75.5 Å². The predicted octanol–water partition coefficient (Wildman–Crippen LogP) is 6.01. The Morgan fingerprint density at radius 3 is 2.71 bits per heavy atom. The summed E-state index contributed by atoms with van der Waals surface area (Å²) in [5.74, 6) is 0.554. The number of nitrogens with one attached hydrogen (secondary N) is 1. The number of amides is 1. The summed E-state index contributed by atoms with van der Waals surface area (Å²) >= 11 is 0. The minimum absolute atomic E-state index is 0.0472. The Morgan fingerprint density at radius 2 is 1.88 bits per heavy atom. The van der Waals surface area contributed by atoms with Crippen molar-refractivity contribution in [3.8, 4) is 0 Å². The summed E-state index contributed by atoms with van der Waals surface area (Å²) in [6.45, 7) is 0.735. The van der Waals surface area contributed by atoms with E-state index in [1.807, 2.05) is 47.4 Å². The molecule has 3 aromatic rings. The van der Waals surface area contributed by atoms with E-state index in [1.54, 1.807) is 12.1 Å². The molecule has 6 rings (SSSR count). The maximum atomic E-state index is 13.5. The SMILES string of the molecule is O=C(c1ccc2c(c1)[C@@H]1C=CC[C@H]1[C@H](c1ccc([N+](=O)[O-])cc1)N2)N1CCCc2ccccc21. The zero-order chi connectivity index (χ0) is 23.2. The van der Waals surface area contributed by atoms with E-state index in [-0.39, 0.29) is 28.5 Å². The van der Waals surface area contributed by atoms with Gasteiger partial charge in [0.1, 0.15) is 0 Å². The first-order chi connectivity index (χ1) is 16.6. The summed E-state index contributed by atoms with van der Waals surface area (Å²) in [6, 6.07) is 21.1. The second-order valence-corrected chi connectivity index (χ2v) is 9.32. The van der Waals surface area contributed by atoms with Crippen LogP contribution in [-0.4, -0.2) is 17.4 Å². The van der Waals surface area contributed by atoms with Crippen LogP contribution in [0.15, 0.2) is 78.9 Å². The lowest BCUT2D eigenvalue weighted by atomic mass is 9.76. The Labute approximate surface area is 198 Å². The largest absolute Gasteiger partial charge is 0.378 e. The maximum Gasteiger partial charge on any atom is 0.269 e. The molecule has 3 aliphatic rings. The molecule has 34 heavy (non-hydrogen) atoms. The highest BCUT2D eigenvalue weighted by molar-refractivity contribution is 6.07. The van der Waals surface area contributed by atoms with Gasteiger partial charge in [0.15, 0.2) is 0 Å².